The molecule has 1 heterocycles. The van der Waals surface area contributed by atoms with Gasteiger partial charge in [0.2, 0.25) is 5.91 Å². The fourth-order valence-corrected chi connectivity index (χ4v) is 1.77. The molecule has 2 unspecified atom stereocenters. The molecule has 4 nitrogen and oxygen atoms in total. The molecular weight excluding hydrogens is 214 g/mol. The van der Waals surface area contributed by atoms with Gasteiger partial charge in [-0.25, -0.2) is 5.43 Å². The van der Waals surface area contributed by atoms with Crippen molar-refractivity contribution < 1.29 is 4.79 Å². The van der Waals surface area contributed by atoms with Crippen molar-refractivity contribution in [1.82, 2.24) is 10.4 Å². The molecule has 0 bridgehead atoms. The maximum Gasteiger partial charge on any atom is 0.243 e. The van der Waals surface area contributed by atoms with Crippen LogP contribution in [0.2, 0.25) is 0 Å². The molecule has 0 aliphatic heterocycles. The van der Waals surface area contributed by atoms with E-state index in [0.717, 1.165) is 24.1 Å². The number of hydrogen-bond donors (Lipinski definition) is 1. The van der Waals surface area contributed by atoms with Crippen LogP contribution in [0.15, 0.2) is 29.6 Å². The molecule has 4 heteroatoms. The van der Waals surface area contributed by atoms with Crippen LogP contribution in [0.1, 0.15) is 32.3 Å². The van der Waals surface area contributed by atoms with E-state index < -0.39 is 0 Å². The van der Waals surface area contributed by atoms with Gasteiger partial charge in [0.25, 0.3) is 0 Å². The van der Waals surface area contributed by atoms with Crippen molar-refractivity contribution >= 4 is 11.6 Å². The van der Waals surface area contributed by atoms with E-state index in [1.54, 1.807) is 12.4 Å². The van der Waals surface area contributed by atoms with E-state index in [1.165, 1.54) is 0 Å². The summed E-state index contributed by atoms with van der Waals surface area (Å²) >= 11 is 0. The number of amides is 1. The summed E-state index contributed by atoms with van der Waals surface area (Å²) < 4.78 is 0. The monoisotopic (exact) mass is 231 g/mol. The molecule has 0 saturated heterocycles. The third kappa shape index (κ3) is 2.90. The van der Waals surface area contributed by atoms with E-state index in [0.29, 0.717) is 5.92 Å². The second kappa shape index (κ2) is 5.08. The number of nitrogens with one attached hydrogen (secondary N) is 1. The number of hydrogen-bond acceptors (Lipinski definition) is 3. The van der Waals surface area contributed by atoms with Crippen LogP contribution in [0.5, 0.6) is 0 Å². The molecule has 2 atom stereocenters. The van der Waals surface area contributed by atoms with E-state index in [2.05, 4.69) is 22.4 Å². The van der Waals surface area contributed by atoms with Crippen molar-refractivity contribution in [2.75, 3.05) is 0 Å². The molecular formula is C13H17N3O. The predicted molar refractivity (Wildman–Crippen MR) is 66.5 cm³/mol. The lowest BCUT2D eigenvalue weighted by Gasteiger charge is -2.04. The highest BCUT2D eigenvalue weighted by Crippen LogP contribution is 2.37. The van der Waals surface area contributed by atoms with Crippen molar-refractivity contribution in [3.8, 4) is 0 Å². The fraction of sp³-hybridized carbons (Fsp3) is 0.462. The van der Waals surface area contributed by atoms with Crippen LogP contribution < -0.4 is 5.43 Å². The highest BCUT2D eigenvalue weighted by molar-refractivity contribution is 6.00. The third-order valence-electron chi connectivity index (χ3n) is 3.08. The van der Waals surface area contributed by atoms with Crippen molar-refractivity contribution in [2.24, 2.45) is 16.9 Å². The van der Waals surface area contributed by atoms with Gasteiger partial charge in [0.15, 0.2) is 0 Å². The quantitative estimate of drug-likeness (QED) is 0.636. The molecule has 0 radical (unpaired) electrons. The molecule has 2 rings (SSSR count). The second-order valence-electron chi connectivity index (χ2n) is 4.45. The lowest BCUT2D eigenvalue weighted by Crippen LogP contribution is -2.22. The number of aromatic nitrogens is 1. The van der Waals surface area contributed by atoms with Gasteiger partial charge in [-0.3, -0.25) is 9.78 Å². The van der Waals surface area contributed by atoms with Gasteiger partial charge in [-0.1, -0.05) is 19.9 Å². The van der Waals surface area contributed by atoms with Crippen molar-refractivity contribution in [2.45, 2.75) is 26.7 Å². The summed E-state index contributed by atoms with van der Waals surface area (Å²) in [5.74, 6) is 0.701. The van der Waals surface area contributed by atoms with Crippen LogP contribution in [0, 0.1) is 11.8 Å². The summed E-state index contributed by atoms with van der Waals surface area (Å²) in [7, 11) is 0. The second-order valence-corrected chi connectivity index (χ2v) is 4.45. The smallest absolute Gasteiger partial charge is 0.243 e. The van der Waals surface area contributed by atoms with E-state index in [9.17, 15) is 4.79 Å². The molecule has 1 amide bonds. The minimum atomic E-state index is 0.0346. The van der Waals surface area contributed by atoms with Gasteiger partial charge in [0, 0.05) is 23.9 Å². The van der Waals surface area contributed by atoms with Crippen LogP contribution in [0.4, 0.5) is 0 Å². The maximum atomic E-state index is 11.6. The Morgan fingerprint density at radius 1 is 1.65 bits per heavy atom. The largest absolute Gasteiger partial charge is 0.273 e. The minimum absolute atomic E-state index is 0.0346. The average molecular weight is 231 g/mol. The summed E-state index contributed by atoms with van der Waals surface area (Å²) in [6.07, 6.45) is 5.23. The van der Waals surface area contributed by atoms with Crippen molar-refractivity contribution in [3.63, 3.8) is 0 Å². The van der Waals surface area contributed by atoms with Gasteiger partial charge in [-0.05, 0) is 24.8 Å². The van der Waals surface area contributed by atoms with Crippen LogP contribution >= 0.6 is 0 Å². The Labute approximate surface area is 101 Å². The number of carbonyl (C=O) groups excluding carboxylic acids is 1. The molecule has 1 aliphatic rings. The Kier molecular flexibility index (Phi) is 3.52. The molecule has 1 aliphatic carbocycles. The van der Waals surface area contributed by atoms with E-state index >= 15 is 0 Å². The fourth-order valence-electron chi connectivity index (χ4n) is 1.77. The molecule has 1 fully saturated rings. The highest BCUT2D eigenvalue weighted by Gasteiger charge is 2.39. The van der Waals surface area contributed by atoms with Gasteiger partial charge >= 0.3 is 0 Å². The Hall–Kier alpha value is -1.71. The van der Waals surface area contributed by atoms with Crippen molar-refractivity contribution in [3.05, 3.63) is 30.1 Å². The zero-order valence-electron chi connectivity index (χ0n) is 10.2. The Morgan fingerprint density at radius 3 is 2.94 bits per heavy atom. The highest BCUT2D eigenvalue weighted by atomic mass is 16.2. The number of rotatable bonds is 4. The van der Waals surface area contributed by atoms with Gasteiger partial charge in [0.05, 0.1) is 5.71 Å². The average Bonchev–Trinajstić information content (AvgIpc) is 3.08. The lowest BCUT2D eigenvalue weighted by atomic mass is 10.1. The first-order valence-electron chi connectivity index (χ1n) is 5.99. The van der Waals surface area contributed by atoms with Crippen LogP contribution in [0.3, 0.4) is 0 Å². The summed E-state index contributed by atoms with van der Waals surface area (Å²) in [5, 5.41) is 4.19. The van der Waals surface area contributed by atoms with Gasteiger partial charge in [-0.2, -0.15) is 5.10 Å². The first-order valence-corrected chi connectivity index (χ1v) is 5.99. The Bertz CT molecular complexity index is 428. The lowest BCUT2D eigenvalue weighted by molar-refractivity contribution is -0.122. The van der Waals surface area contributed by atoms with Gasteiger partial charge in [0.1, 0.15) is 0 Å². The number of pyridine rings is 1. The molecule has 1 aromatic heterocycles. The third-order valence-corrected chi connectivity index (χ3v) is 3.08. The first-order chi connectivity index (χ1) is 8.22. The minimum Gasteiger partial charge on any atom is -0.273 e. The Morgan fingerprint density at radius 2 is 2.41 bits per heavy atom. The summed E-state index contributed by atoms with van der Waals surface area (Å²) in [6.45, 7) is 4.09. The molecule has 90 valence electrons. The van der Waals surface area contributed by atoms with Crippen LogP contribution in [-0.4, -0.2) is 16.6 Å². The number of carbonyl (C=O) groups is 1. The Balaban J connectivity index is 2.01. The maximum absolute atomic E-state index is 11.6. The van der Waals surface area contributed by atoms with Gasteiger partial charge in [-0.15, -0.1) is 0 Å². The van der Waals surface area contributed by atoms with E-state index in [4.69, 9.17) is 0 Å². The van der Waals surface area contributed by atoms with Gasteiger partial charge < -0.3 is 0 Å². The molecule has 1 N–H and O–H groups in total. The zero-order valence-corrected chi connectivity index (χ0v) is 10.2. The standard InChI is InChI=1S/C13H17N3O/c1-3-12(10-5-4-6-14-8-10)15-16-13(17)11-7-9(11)2/h4-6,8-9,11H,3,7H2,1-2H3,(H,16,17). The van der Waals surface area contributed by atoms with E-state index in [1.807, 2.05) is 19.1 Å². The molecule has 0 aromatic carbocycles. The number of hydrazone groups is 1. The van der Waals surface area contributed by atoms with Crippen molar-refractivity contribution in [1.29, 1.82) is 0 Å². The normalized spacial score (nSPS) is 23.3. The topological polar surface area (TPSA) is 54.4 Å². The molecule has 1 aromatic rings. The van der Waals surface area contributed by atoms with Crippen LogP contribution in [-0.2, 0) is 4.79 Å². The van der Waals surface area contributed by atoms with E-state index in [-0.39, 0.29) is 11.8 Å². The SMILES string of the molecule is CCC(=NNC(=O)C1CC1C)c1cccnc1. The summed E-state index contributed by atoms with van der Waals surface area (Å²) in [6, 6.07) is 3.81. The molecule has 17 heavy (non-hydrogen) atoms. The first kappa shape index (κ1) is 11.8. The molecule has 1 saturated carbocycles. The summed E-state index contributed by atoms with van der Waals surface area (Å²) in [5.41, 5.74) is 4.46. The molecule has 0 spiro atoms. The zero-order chi connectivity index (χ0) is 12.3. The number of nitrogens with zero attached hydrogens (tertiary/aromatic N) is 2. The summed E-state index contributed by atoms with van der Waals surface area (Å²) in [4.78, 5) is 15.7. The predicted octanol–water partition coefficient (Wildman–Crippen LogP) is 1.97. The van der Waals surface area contributed by atoms with Crippen LogP contribution in [0.25, 0.3) is 0 Å².